The summed E-state index contributed by atoms with van der Waals surface area (Å²) in [6.45, 7) is 0. The largest absolute Gasteiger partial charge is 0.454 e. The molecule has 0 saturated heterocycles. The average Bonchev–Trinajstić information content (AvgIpc) is 3.47. The number of fused-ring (bicyclic) bond motifs is 8. The lowest BCUT2D eigenvalue weighted by atomic mass is 9.93. The predicted molar refractivity (Wildman–Crippen MR) is 174 cm³/mol. The molecule has 0 aliphatic carbocycles. The maximum Gasteiger partial charge on any atom is 0.164 e. The van der Waals surface area contributed by atoms with Crippen molar-refractivity contribution in [3.8, 4) is 34.2 Å². The molecule has 0 bridgehead atoms. The highest BCUT2D eigenvalue weighted by Gasteiger charge is 2.20. The minimum absolute atomic E-state index is 0.574. The Morgan fingerprint density at radius 1 is 0.442 bits per heavy atom. The van der Waals surface area contributed by atoms with Crippen molar-refractivity contribution >= 4 is 54.4 Å². The number of pyridine rings is 1. The van der Waals surface area contributed by atoms with Gasteiger partial charge in [-0.25, -0.2) is 15.0 Å². The molecule has 3 heterocycles. The van der Waals surface area contributed by atoms with Crippen molar-refractivity contribution in [1.82, 2.24) is 19.9 Å². The van der Waals surface area contributed by atoms with Gasteiger partial charge in [0.2, 0.25) is 0 Å². The topological polar surface area (TPSA) is 64.7 Å². The Morgan fingerprint density at radius 2 is 1.14 bits per heavy atom. The Bertz CT molecular complexity index is 2520. The predicted octanol–water partition coefficient (Wildman–Crippen LogP) is 9.63. The summed E-state index contributed by atoms with van der Waals surface area (Å²) >= 11 is 0. The van der Waals surface area contributed by atoms with Crippen molar-refractivity contribution in [2.24, 2.45) is 0 Å². The minimum atomic E-state index is 0.574. The van der Waals surface area contributed by atoms with Crippen LogP contribution in [0.5, 0.6) is 0 Å². The molecule has 0 aliphatic heterocycles. The van der Waals surface area contributed by atoms with Crippen LogP contribution in [0.2, 0.25) is 0 Å². The maximum absolute atomic E-state index is 6.16. The van der Waals surface area contributed by atoms with Crippen molar-refractivity contribution in [1.29, 1.82) is 0 Å². The van der Waals surface area contributed by atoms with Crippen molar-refractivity contribution < 1.29 is 4.42 Å². The van der Waals surface area contributed by atoms with Crippen LogP contribution in [-0.2, 0) is 0 Å². The zero-order valence-electron chi connectivity index (χ0n) is 22.9. The van der Waals surface area contributed by atoms with Gasteiger partial charge in [-0.1, -0.05) is 103 Å². The Labute approximate surface area is 246 Å². The molecule has 5 heteroatoms. The zero-order valence-corrected chi connectivity index (χ0v) is 22.9. The van der Waals surface area contributed by atoms with Gasteiger partial charge in [0.1, 0.15) is 11.1 Å². The molecule has 43 heavy (non-hydrogen) atoms. The first-order valence-corrected chi connectivity index (χ1v) is 14.2. The van der Waals surface area contributed by atoms with Gasteiger partial charge in [0, 0.05) is 22.9 Å². The van der Waals surface area contributed by atoms with Crippen LogP contribution >= 0.6 is 0 Å². The number of hydrogen-bond donors (Lipinski definition) is 0. The van der Waals surface area contributed by atoms with Crippen molar-refractivity contribution in [2.45, 2.75) is 0 Å². The summed E-state index contributed by atoms with van der Waals surface area (Å²) in [5.41, 5.74) is 5.00. The molecule has 6 aromatic carbocycles. The van der Waals surface area contributed by atoms with Gasteiger partial charge in [0.25, 0.3) is 0 Å². The third kappa shape index (κ3) is 3.72. The number of rotatable bonds is 3. The summed E-state index contributed by atoms with van der Waals surface area (Å²) in [5, 5.41) is 7.92. The van der Waals surface area contributed by atoms with Gasteiger partial charge in [-0.2, -0.15) is 0 Å². The average molecular weight is 551 g/mol. The Morgan fingerprint density at radius 3 is 2.02 bits per heavy atom. The monoisotopic (exact) mass is 550 g/mol. The molecule has 0 amide bonds. The molecule has 0 radical (unpaired) electrons. The van der Waals surface area contributed by atoms with Crippen LogP contribution in [0.3, 0.4) is 0 Å². The third-order valence-corrected chi connectivity index (χ3v) is 8.17. The van der Waals surface area contributed by atoms with Gasteiger partial charge >= 0.3 is 0 Å². The summed E-state index contributed by atoms with van der Waals surface area (Å²) in [6, 6.07) is 43.5. The summed E-state index contributed by atoms with van der Waals surface area (Å²) in [5.74, 6) is 1.80. The van der Waals surface area contributed by atoms with Crippen molar-refractivity contribution in [3.63, 3.8) is 0 Å². The Hall–Kier alpha value is -5.94. The van der Waals surface area contributed by atoms with Gasteiger partial charge < -0.3 is 4.42 Å². The van der Waals surface area contributed by atoms with Gasteiger partial charge in [-0.3, -0.25) is 4.98 Å². The first-order chi connectivity index (χ1) is 21.3. The molecule has 3 aromatic heterocycles. The standard InChI is InChI=1S/C38H22N4O/c1-2-11-24(12-3-1)36-40-37(29-16-8-17-32-34(29)35-33(43-32)18-9-21-39-35)42-38(41-36)31-22-30-25-13-5-4-10-23(25)19-20-28(30)26-14-6-7-15-27(26)31/h1-22H. The molecule has 5 nitrogen and oxygen atoms in total. The lowest BCUT2D eigenvalue weighted by Crippen LogP contribution is -2.01. The molecule has 0 saturated carbocycles. The van der Waals surface area contributed by atoms with Crippen LogP contribution in [0.1, 0.15) is 0 Å². The zero-order chi connectivity index (χ0) is 28.3. The molecule has 0 fully saturated rings. The first kappa shape index (κ1) is 23.7. The number of furan rings is 1. The lowest BCUT2D eigenvalue weighted by Gasteiger charge is -2.14. The second-order valence-corrected chi connectivity index (χ2v) is 10.7. The molecule has 0 unspecified atom stereocenters. The molecular weight excluding hydrogens is 528 g/mol. The highest BCUT2D eigenvalue weighted by Crippen LogP contribution is 2.39. The van der Waals surface area contributed by atoms with Gasteiger partial charge in [-0.05, 0) is 56.6 Å². The van der Waals surface area contributed by atoms with Crippen LogP contribution in [0.25, 0.3) is 88.5 Å². The van der Waals surface area contributed by atoms with E-state index in [2.05, 4.69) is 71.7 Å². The second kappa shape index (κ2) is 9.29. The fraction of sp³-hybridized carbons (Fsp3) is 0. The highest BCUT2D eigenvalue weighted by molar-refractivity contribution is 6.20. The Balaban J connectivity index is 1.39. The number of aromatic nitrogens is 4. The molecule has 0 aliphatic rings. The van der Waals surface area contributed by atoms with Crippen LogP contribution in [-0.4, -0.2) is 19.9 Å². The molecule has 0 N–H and O–H groups in total. The SMILES string of the molecule is c1ccc(-c2nc(-c3cc4c5ccccc5ccc4c4ccccc34)nc(-c3cccc4oc5cccnc5c34)n2)cc1. The van der Waals surface area contributed by atoms with Crippen molar-refractivity contribution in [2.75, 3.05) is 0 Å². The fourth-order valence-electron chi connectivity index (χ4n) is 6.20. The van der Waals surface area contributed by atoms with Gasteiger partial charge in [-0.15, -0.1) is 0 Å². The summed E-state index contributed by atoms with van der Waals surface area (Å²) in [6.07, 6.45) is 1.79. The van der Waals surface area contributed by atoms with E-state index in [1.54, 1.807) is 6.20 Å². The summed E-state index contributed by atoms with van der Waals surface area (Å²) < 4.78 is 6.16. The summed E-state index contributed by atoms with van der Waals surface area (Å²) in [4.78, 5) is 20.0. The van der Waals surface area contributed by atoms with E-state index >= 15 is 0 Å². The summed E-state index contributed by atoms with van der Waals surface area (Å²) in [7, 11) is 0. The quantitative estimate of drug-likeness (QED) is 0.205. The van der Waals surface area contributed by atoms with E-state index in [0.717, 1.165) is 49.5 Å². The minimum Gasteiger partial charge on any atom is -0.454 e. The Kier molecular flexibility index (Phi) is 5.13. The van der Waals surface area contributed by atoms with E-state index in [-0.39, 0.29) is 0 Å². The van der Waals surface area contributed by atoms with E-state index in [4.69, 9.17) is 19.4 Å². The van der Waals surface area contributed by atoms with Crippen LogP contribution in [0, 0.1) is 0 Å². The van der Waals surface area contributed by atoms with E-state index in [9.17, 15) is 0 Å². The second-order valence-electron chi connectivity index (χ2n) is 10.7. The molecule has 200 valence electrons. The lowest BCUT2D eigenvalue weighted by molar-refractivity contribution is 0.668. The number of benzene rings is 6. The van der Waals surface area contributed by atoms with E-state index in [1.165, 1.54) is 21.5 Å². The molecule has 0 atom stereocenters. The number of hydrogen-bond acceptors (Lipinski definition) is 5. The third-order valence-electron chi connectivity index (χ3n) is 8.17. The molecule has 0 spiro atoms. The maximum atomic E-state index is 6.16. The highest BCUT2D eigenvalue weighted by atomic mass is 16.3. The van der Waals surface area contributed by atoms with E-state index in [1.807, 2.05) is 60.7 Å². The van der Waals surface area contributed by atoms with E-state index < -0.39 is 0 Å². The molecule has 9 aromatic rings. The van der Waals surface area contributed by atoms with Crippen LogP contribution in [0.15, 0.2) is 138 Å². The smallest absolute Gasteiger partial charge is 0.164 e. The van der Waals surface area contributed by atoms with Crippen molar-refractivity contribution in [3.05, 3.63) is 134 Å². The van der Waals surface area contributed by atoms with E-state index in [0.29, 0.717) is 17.5 Å². The normalized spacial score (nSPS) is 11.7. The van der Waals surface area contributed by atoms with Gasteiger partial charge in [0.15, 0.2) is 23.1 Å². The molecule has 9 rings (SSSR count). The van der Waals surface area contributed by atoms with Crippen LogP contribution < -0.4 is 0 Å². The number of nitrogens with zero attached hydrogens (tertiary/aromatic N) is 4. The molecular formula is C38H22N4O. The first-order valence-electron chi connectivity index (χ1n) is 14.2. The van der Waals surface area contributed by atoms with Crippen LogP contribution in [0.4, 0.5) is 0 Å². The van der Waals surface area contributed by atoms with Gasteiger partial charge in [0.05, 0.1) is 5.39 Å². The fourth-order valence-corrected chi connectivity index (χ4v) is 6.20.